The SMILES string of the molecule is COCCNCC1(C(C)C)CC2CCC1C2. The first kappa shape index (κ1) is 12.4. The topological polar surface area (TPSA) is 21.3 Å². The number of fused-ring (bicyclic) bond motifs is 2. The van der Waals surface area contributed by atoms with Crippen LogP contribution in [0.25, 0.3) is 0 Å². The van der Waals surface area contributed by atoms with Gasteiger partial charge in [-0.15, -0.1) is 0 Å². The average Bonchev–Trinajstić information content (AvgIpc) is 2.84. The first-order valence-corrected chi connectivity index (χ1v) is 6.88. The molecule has 2 fully saturated rings. The fourth-order valence-electron chi connectivity index (χ4n) is 4.11. The van der Waals surface area contributed by atoms with E-state index in [1.165, 1.54) is 32.2 Å². The highest BCUT2D eigenvalue weighted by Crippen LogP contribution is 2.58. The normalized spacial score (nSPS) is 37.5. The van der Waals surface area contributed by atoms with Gasteiger partial charge in [0.2, 0.25) is 0 Å². The second-order valence-electron chi connectivity index (χ2n) is 6.14. The van der Waals surface area contributed by atoms with E-state index in [2.05, 4.69) is 19.2 Å². The van der Waals surface area contributed by atoms with Crippen molar-refractivity contribution in [2.24, 2.45) is 23.2 Å². The lowest BCUT2D eigenvalue weighted by molar-refractivity contribution is 0.0891. The summed E-state index contributed by atoms with van der Waals surface area (Å²) in [5.74, 6) is 2.85. The molecule has 0 amide bonds. The molecule has 0 aromatic rings. The molecular weight excluding hydrogens is 198 g/mol. The zero-order valence-corrected chi connectivity index (χ0v) is 11.1. The highest BCUT2D eigenvalue weighted by Gasteiger charge is 2.51. The van der Waals surface area contributed by atoms with E-state index in [0.717, 1.165) is 30.9 Å². The van der Waals surface area contributed by atoms with Crippen LogP contribution in [0.1, 0.15) is 39.5 Å². The van der Waals surface area contributed by atoms with Gasteiger partial charge in [0, 0.05) is 20.2 Å². The van der Waals surface area contributed by atoms with Gasteiger partial charge in [-0.05, 0) is 42.4 Å². The third-order valence-corrected chi connectivity index (χ3v) is 5.11. The lowest BCUT2D eigenvalue weighted by Gasteiger charge is -2.42. The van der Waals surface area contributed by atoms with Crippen molar-refractivity contribution in [3.63, 3.8) is 0 Å². The summed E-state index contributed by atoms with van der Waals surface area (Å²) in [5.41, 5.74) is 0.594. The summed E-state index contributed by atoms with van der Waals surface area (Å²) >= 11 is 0. The van der Waals surface area contributed by atoms with Crippen LogP contribution in [0.2, 0.25) is 0 Å². The lowest BCUT2D eigenvalue weighted by atomic mass is 9.66. The second kappa shape index (κ2) is 5.05. The first-order valence-electron chi connectivity index (χ1n) is 6.88. The molecule has 0 saturated heterocycles. The maximum Gasteiger partial charge on any atom is 0.0587 e. The molecule has 1 N–H and O–H groups in total. The van der Waals surface area contributed by atoms with Gasteiger partial charge in [0.05, 0.1) is 6.61 Å². The Bertz CT molecular complexity index is 229. The van der Waals surface area contributed by atoms with E-state index in [1.54, 1.807) is 7.11 Å². The Balaban J connectivity index is 1.90. The van der Waals surface area contributed by atoms with Gasteiger partial charge in [-0.3, -0.25) is 0 Å². The molecule has 2 nitrogen and oxygen atoms in total. The minimum absolute atomic E-state index is 0.594. The molecule has 2 aliphatic rings. The molecule has 94 valence electrons. The molecule has 2 saturated carbocycles. The van der Waals surface area contributed by atoms with Crippen LogP contribution < -0.4 is 5.32 Å². The molecular formula is C14H27NO. The average molecular weight is 225 g/mol. The van der Waals surface area contributed by atoms with Crippen molar-refractivity contribution in [2.75, 3.05) is 26.8 Å². The summed E-state index contributed by atoms with van der Waals surface area (Å²) in [5, 5.41) is 3.61. The maximum atomic E-state index is 5.10. The van der Waals surface area contributed by atoms with Crippen LogP contribution in [0.15, 0.2) is 0 Å². The van der Waals surface area contributed by atoms with Crippen LogP contribution in [0.3, 0.4) is 0 Å². The smallest absolute Gasteiger partial charge is 0.0587 e. The van der Waals surface area contributed by atoms with E-state index in [9.17, 15) is 0 Å². The van der Waals surface area contributed by atoms with Crippen LogP contribution in [-0.4, -0.2) is 26.8 Å². The van der Waals surface area contributed by atoms with Crippen LogP contribution in [0, 0.1) is 23.2 Å². The fraction of sp³-hybridized carbons (Fsp3) is 1.00. The molecule has 16 heavy (non-hydrogen) atoms. The van der Waals surface area contributed by atoms with E-state index in [1.807, 2.05) is 0 Å². The van der Waals surface area contributed by atoms with Crippen molar-refractivity contribution in [2.45, 2.75) is 39.5 Å². The monoisotopic (exact) mass is 225 g/mol. The van der Waals surface area contributed by atoms with Gasteiger partial charge in [-0.1, -0.05) is 20.3 Å². The predicted molar refractivity (Wildman–Crippen MR) is 67.5 cm³/mol. The molecule has 2 heteroatoms. The molecule has 0 aromatic carbocycles. The van der Waals surface area contributed by atoms with Gasteiger partial charge in [0.1, 0.15) is 0 Å². The van der Waals surface area contributed by atoms with Gasteiger partial charge >= 0.3 is 0 Å². The number of rotatable bonds is 6. The minimum atomic E-state index is 0.594. The summed E-state index contributed by atoms with van der Waals surface area (Å²) in [6.07, 6.45) is 5.95. The zero-order chi connectivity index (χ0) is 11.6. The number of hydrogen-bond acceptors (Lipinski definition) is 2. The zero-order valence-electron chi connectivity index (χ0n) is 11.1. The third-order valence-electron chi connectivity index (χ3n) is 5.11. The van der Waals surface area contributed by atoms with E-state index < -0.39 is 0 Å². The minimum Gasteiger partial charge on any atom is -0.383 e. The lowest BCUT2D eigenvalue weighted by Crippen LogP contribution is -2.43. The Morgan fingerprint density at radius 1 is 1.38 bits per heavy atom. The van der Waals surface area contributed by atoms with Crippen LogP contribution >= 0.6 is 0 Å². The van der Waals surface area contributed by atoms with Crippen LogP contribution in [0.4, 0.5) is 0 Å². The van der Waals surface area contributed by atoms with Crippen LogP contribution in [0.5, 0.6) is 0 Å². The predicted octanol–water partition coefficient (Wildman–Crippen LogP) is 2.68. The van der Waals surface area contributed by atoms with Crippen molar-refractivity contribution in [1.82, 2.24) is 5.32 Å². The highest BCUT2D eigenvalue weighted by atomic mass is 16.5. The molecule has 3 unspecified atom stereocenters. The molecule has 2 rings (SSSR count). The third kappa shape index (κ3) is 2.14. The highest BCUT2D eigenvalue weighted by molar-refractivity contribution is 5.02. The largest absolute Gasteiger partial charge is 0.383 e. The summed E-state index contributed by atoms with van der Waals surface area (Å²) in [4.78, 5) is 0. The molecule has 0 heterocycles. The maximum absolute atomic E-state index is 5.10. The molecule has 2 bridgehead atoms. The van der Waals surface area contributed by atoms with Gasteiger partial charge in [0.25, 0.3) is 0 Å². The Hall–Kier alpha value is -0.0800. The Morgan fingerprint density at radius 3 is 2.69 bits per heavy atom. The molecule has 0 aliphatic heterocycles. The number of hydrogen-bond donors (Lipinski definition) is 1. The van der Waals surface area contributed by atoms with E-state index in [0.29, 0.717) is 5.41 Å². The Labute approximate surface area is 100 Å². The van der Waals surface area contributed by atoms with Gasteiger partial charge in [-0.25, -0.2) is 0 Å². The van der Waals surface area contributed by atoms with Crippen molar-refractivity contribution in [3.05, 3.63) is 0 Å². The van der Waals surface area contributed by atoms with Gasteiger partial charge in [0.15, 0.2) is 0 Å². The van der Waals surface area contributed by atoms with Crippen molar-refractivity contribution < 1.29 is 4.74 Å². The van der Waals surface area contributed by atoms with E-state index >= 15 is 0 Å². The first-order chi connectivity index (χ1) is 7.69. The number of nitrogens with one attached hydrogen (secondary N) is 1. The summed E-state index contributed by atoms with van der Waals surface area (Å²) < 4.78 is 5.10. The van der Waals surface area contributed by atoms with Gasteiger partial charge in [-0.2, -0.15) is 0 Å². The molecule has 0 radical (unpaired) electrons. The van der Waals surface area contributed by atoms with E-state index in [4.69, 9.17) is 4.74 Å². The molecule has 2 aliphatic carbocycles. The van der Waals surface area contributed by atoms with E-state index in [-0.39, 0.29) is 0 Å². The number of ether oxygens (including phenoxy) is 1. The molecule has 3 atom stereocenters. The Morgan fingerprint density at radius 2 is 2.19 bits per heavy atom. The quantitative estimate of drug-likeness (QED) is 0.702. The van der Waals surface area contributed by atoms with Gasteiger partial charge < -0.3 is 10.1 Å². The second-order valence-corrected chi connectivity index (χ2v) is 6.14. The van der Waals surface area contributed by atoms with Crippen molar-refractivity contribution in [3.8, 4) is 0 Å². The summed E-state index contributed by atoms with van der Waals surface area (Å²) in [7, 11) is 1.78. The van der Waals surface area contributed by atoms with Crippen LogP contribution in [-0.2, 0) is 4.74 Å². The standard InChI is InChI=1S/C14H27NO/c1-11(2)14(10-15-6-7-16-3)9-12-4-5-13(14)8-12/h11-13,15H,4-10H2,1-3H3. The number of methoxy groups -OCH3 is 1. The fourth-order valence-corrected chi connectivity index (χ4v) is 4.11. The Kier molecular flexibility index (Phi) is 3.91. The molecule has 0 aromatic heterocycles. The van der Waals surface area contributed by atoms with Crippen molar-refractivity contribution in [1.29, 1.82) is 0 Å². The summed E-state index contributed by atoms with van der Waals surface area (Å²) in [6, 6.07) is 0. The van der Waals surface area contributed by atoms with Crippen molar-refractivity contribution >= 4 is 0 Å². The summed E-state index contributed by atoms with van der Waals surface area (Å²) in [6.45, 7) is 7.87. The molecule has 0 spiro atoms.